The first-order chi connectivity index (χ1) is 9.18. The fourth-order valence-corrected chi connectivity index (χ4v) is 2.19. The average Bonchev–Trinajstić information content (AvgIpc) is 2.41. The van der Waals surface area contributed by atoms with E-state index in [9.17, 15) is 4.79 Å². The number of halogens is 2. The number of rotatable bonds is 3. The summed E-state index contributed by atoms with van der Waals surface area (Å²) in [6, 6.07) is 14.6. The highest BCUT2D eigenvalue weighted by atomic mass is 127. The van der Waals surface area contributed by atoms with Crippen molar-refractivity contribution in [3.8, 4) is 0 Å². The summed E-state index contributed by atoms with van der Waals surface area (Å²) >= 11 is 8.14. The van der Waals surface area contributed by atoms with E-state index >= 15 is 0 Å². The van der Waals surface area contributed by atoms with E-state index in [1.165, 1.54) is 0 Å². The van der Waals surface area contributed by atoms with Crippen LogP contribution in [0, 0.1) is 3.57 Å². The molecular formula is C14H10ClIN2O. The minimum atomic E-state index is -0.326. The molecule has 0 aliphatic rings. The van der Waals surface area contributed by atoms with Crippen LogP contribution in [0.2, 0.25) is 5.02 Å². The van der Waals surface area contributed by atoms with Crippen molar-refractivity contribution in [1.82, 2.24) is 5.43 Å². The van der Waals surface area contributed by atoms with E-state index in [0.717, 1.165) is 9.13 Å². The molecule has 0 fully saturated rings. The molecule has 2 aromatic carbocycles. The first-order valence-corrected chi connectivity index (χ1v) is 6.96. The van der Waals surface area contributed by atoms with Crippen molar-refractivity contribution in [1.29, 1.82) is 0 Å². The molecular weight excluding hydrogens is 375 g/mol. The van der Waals surface area contributed by atoms with Gasteiger partial charge in [0, 0.05) is 9.13 Å². The molecule has 0 unspecified atom stereocenters. The maximum atomic E-state index is 11.8. The van der Waals surface area contributed by atoms with Crippen LogP contribution in [0.3, 0.4) is 0 Å². The summed E-state index contributed by atoms with van der Waals surface area (Å²) in [5.74, 6) is -0.326. The number of hydrazone groups is 1. The van der Waals surface area contributed by atoms with Gasteiger partial charge in [-0.15, -0.1) is 0 Å². The van der Waals surface area contributed by atoms with Gasteiger partial charge in [0.1, 0.15) is 0 Å². The molecule has 5 heteroatoms. The molecule has 0 aliphatic heterocycles. The monoisotopic (exact) mass is 384 g/mol. The van der Waals surface area contributed by atoms with Crippen LogP contribution in [0.25, 0.3) is 0 Å². The second-order valence-corrected chi connectivity index (χ2v) is 5.27. The Morgan fingerprint density at radius 2 is 1.84 bits per heavy atom. The molecule has 0 radical (unpaired) electrons. The zero-order chi connectivity index (χ0) is 13.7. The van der Waals surface area contributed by atoms with E-state index in [0.29, 0.717) is 10.6 Å². The molecule has 0 atom stereocenters. The van der Waals surface area contributed by atoms with Crippen LogP contribution < -0.4 is 5.43 Å². The van der Waals surface area contributed by atoms with Crippen LogP contribution in [-0.2, 0) is 0 Å². The summed E-state index contributed by atoms with van der Waals surface area (Å²) in [4.78, 5) is 11.8. The molecule has 1 N–H and O–H groups in total. The molecule has 0 spiro atoms. The predicted octanol–water partition coefficient (Wildman–Crippen LogP) is 3.71. The summed E-state index contributed by atoms with van der Waals surface area (Å²) in [6.45, 7) is 0. The molecule has 0 bridgehead atoms. The number of hydrogen-bond donors (Lipinski definition) is 1. The molecule has 2 aromatic rings. The third-order valence-corrected chi connectivity index (χ3v) is 3.71. The van der Waals surface area contributed by atoms with Gasteiger partial charge >= 0.3 is 0 Å². The molecule has 0 saturated carbocycles. The number of nitrogens with zero attached hydrogens (tertiary/aromatic N) is 1. The molecule has 96 valence electrons. The van der Waals surface area contributed by atoms with E-state index < -0.39 is 0 Å². The van der Waals surface area contributed by atoms with Crippen LogP contribution in [0.1, 0.15) is 15.9 Å². The van der Waals surface area contributed by atoms with Crippen LogP contribution in [0.4, 0.5) is 0 Å². The number of hydrogen-bond acceptors (Lipinski definition) is 2. The third kappa shape index (κ3) is 3.78. The summed E-state index contributed by atoms with van der Waals surface area (Å²) in [5.41, 5.74) is 3.81. The standard InChI is InChI=1S/C14H10ClIN2O/c15-12-7-3-2-6-11(12)14(19)18-17-9-10-5-1-4-8-13(10)16/h1-9H,(H,18,19)/b17-9+. The zero-order valence-electron chi connectivity index (χ0n) is 9.81. The van der Waals surface area contributed by atoms with Crippen molar-refractivity contribution >= 4 is 46.3 Å². The fourth-order valence-electron chi connectivity index (χ4n) is 1.45. The van der Waals surface area contributed by atoms with Crippen LogP contribution in [0.5, 0.6) is 0 Å². The second kappa shape index (κ2) is 6.68. The van der Waals surface area contributed by atoms with Gasteiger partial charge < -0.3 is 0 Å². The molecule has 1 amide bonds. The van der Waals surface area contributed by atoms with Crippen molar-refractivity contribution < 1.29 is 4.79 Å². The Morgan fingerprint density at radius 1 is 1.16 bits per heavy atom. The normalized spacial score (nSPS) is 10.6. The van der Waals surface area contributed by atoms with Gasteiger partial charge in [0.2, 0.25) is 0 Å². The van der Waals surface area contributed by atoms with Gasteiger partial charge in [-0.3, -0.25) is 4.79 Å². The summed E-state index contributed by atoms with van der Waals surface area (Å²) in [5, 5.41) is 4.34. The molecule has 0 aliphatic carbocycles. The minimum Gasteiger partial charge on any atom is -0.267 e. The Bertz CT molecular complexity index is 628. The van der Waals surface area contributed by atoms with Gasteiger partial charge in [0.15, 0.2) is 0 Å². The Kier molecular flexibility index (Phi) is 4.93. The average molecular weight is 385 g/mol. The SMILES string of the molecule is O=C(N/N=C/c1ccccc1I)c1ccccc1Cl. The van der Waals surface area contributed by atoms with Crippen molar-refractivity contribution in [3.63, 3.8) is 0 Å². The van der Waals surface area contributed by atoms with Gasteiger partial charge in [-0.25, -0.2) is 5.43 Å². The summed E-state index contributed by atoms with van der Waals surface area (Å²) in [6.07, 6.45) is 1.61. The Hall–Kier alpha value is -1.40. The largest absolute Gasteiger partial charge is 0.272 e. The minimum absolute atomic E-state index is 0.326. The quantitative estimate of drug-likeness (QED) is 0.489. The first-order valence-electron chi connectivity index (χ1n) is 5.51. The Balaban J connectivity index is 2.06. The summed E-state index contributed by atoms with van der Waals surface area (Å²) < 4.78 is 1.07. The van der Waals surface area contributed by atoms with Gasteiger partial charge in [0.05, 0.1) is 16.8 Å². The van der Waals surface area contributed by atoms with Gasteiger partial charge in [0.25, 0.3) is 5.91 Å². The molecule has 0 heterocycles. The smallest absolute Gasteiger partial charge is 0.267 e. The number of nitrogens with one attached hydrogen (secondary N) is 1. The van der Waals surface area contributed by atoms with Gasteiger partial charge in [-0.2, -0.15) is 5.10 Å². The summed E-state index contributed by atoms with van der Waals surface area (Å²) in [7, 11) is 0. The lowest BCUT2D eigenvalue weighted by molar-refractivity contribution is 0.0955. The molecule has 2 rings (SSSR count). The van der Waals surface area contributed by atoms with Crippen LogP contribution in [0.15, 0.2) is 53.6 Å². The highest BCUT2D eigenvalue weighted by Gasteiger charge is 2.07. The predicted molar refractivity (Wildman–Crippen MR) is 85.7 cm³/mol. The number of amides is 1. The first kappa shape index (κ1) is 14.0. The number of carbonyl (C=O) groups excluding carboxylic acids is 1. The lowest BCUT2D eigenvalue weighted by atomic mass is 10.2. The fraction of sp³-hybridized carbons (Fsp3) is 0. The van der Waals surface area contributed by atoms with Crippen LogP contribution in [-0.4, -0.2) is 12.1 Å². The Morgan fingerprint density at radius 3 is 2.58 bits per heavy atom. The lowest BCUT2D eigenvalue weighted by Crippen LogP contribution is -2.18. The number of benzene rings is 2. The Labute approximate surface area is 129 Å². The molecule has 3 nitrogen and oxygen atoms in total. The maximum absolute atomic E-state index is 11.8. The van der Waals surface area contributed by atoms with E-state index in [4.69, 9.17) is 11.6 Å². The van der Waals surface area contributed by atoms with Gasteiger partial charge in [-0.05, 0) is 40.8 Å². The topological polar surface area (TPSA) is 41.5 Å². The maximum Gasteiger partial charge on any atom is 0.272 e. The van der Waals surface area contributed by atoms with E-state index in [-0.39, 0.29) is 5.91 Å². The highest BCUT2D eigenvalue weighted by Crippen LogP contribution is 2.14. The van der Waals surface area contributed by atoms with Crippen molar-refractivity contribution in [2.24, 2.45) is 5.10 Å². The van der Waals surface area contributed by atoms with E-state index in [2.05, 4.69) is 33.1 Å². The van der Waals surface area contributed by atoms with Crippen molar-refractivity contribution in [2.45, 2.75) is 0 Å². The van der Waals surface area contributed by atoms with Gasteiger partial charge in [-0.1, -0.05) is 41.9 Å². The van der Waals surface area contributed by atoms with Crippen molar-refractivity contribution in [3.05, 3.63) is 68.3 Å². The highest BCUT2D eigenvalue weighted by molar-refractivity contribution is 14.1. The van der Waals surface area contributed by atoms with E-state index in [1.54, 1.807) is 30.5 Å². The molecule has 0 saturated heterocycles. The number of carbonyl (C=O) groups is 1. The second-order valence-electron chi connectivity index (χ2n) is 3.70. The lowest BCUT2D eigenvalue weighted by Gasteiger charge is -2.02. The molecule has 0 aromatic heterocycles. The zero-order valence-corrected chi connectivity index (χ0v) is 12.7. The third-order valence-electron chi connectivity index (χ3n) is 2.39. The van der Waals surface area contributed by atoms with Crippen molar-refractivity contribution in [2.75, 3.05) is 0 Å². The van der Waals surface area contributed by atoms with E-state index in [1.807, 2.05) is 24.3 Å². The molecule has 19 heavy (non-hydrogen) atoms. The van der Waals surface area contributed by atoms with Crippen LogP contribution >= 0.6 is 34.2 Å².